The molecule has 0 aromatic carbocycles. The van der Waals surface area contributed by atoms with Gasteiger partial charge < -0.3 is 9.47 Å². The average molecular weight is 319 g/mol. The molecule has 1 fully saturated rings. The van der Waals surface area contributed by atoms with Gasteiger partial charge in [0.15, 0.2) is 0 Å². The first-order valence-electron chi connectivity index (χ1n) is 7.41. The molecule has 0 unspecified atom stereocenters. The maximum absolute atomic E-state index is 12.5. The van der Waals surface area contributed by atoms with Gasteiger partial charge in [-0.1, -0.05) is 0 Å². The van der Waals surface area contributed by atoms with Crippen molar-refractivity contribution in [2.45, 2.75) is 19.4 Å². The number of aryl methyl sites for hydroxylation is 2. The molecule has 0 spiro atoms. The number of carbonyl (C=O) groups is 1. The zero-order valence-electron chi connectivity index (χ0n) is 13.2. The Labute approximate surface area is 134 Å². The largest absolute Gasteiger partial charge is 0.339 e. The summed E-state index contributed by atoms with van der Waals surface area (Å²) < 4.78 is 2.03. The van der Waals surface area contributed by atoms with Gasteiger partial charge in [-0.15, -0.1) is 11.3 Å². The number of hydrogen-bond donors (Lipinski definition) is 0. The average Bonchev–Trinajstić information content (AvgIpc) is 3.08. The SMILES string of the molecule is Cc1nc(CC(=O)N2CCN(C)[C@H](c3nccn3C)C2)cs1. The van der Waals surface area contributed by atoms with E-state index >= 15 is 0 Å². The van der Waals surface area contributed by atoms with Gasteiger partial charge in [0, 0.05) is 44.5 Å². The third-order valence-corrected chi connectivity index (χ3v) is 4.98. The van der Waals surface area contributed by atoms with Crippen LogP contribution in [0.2, 0.25) is 0 Å². The second-order valence-corrected chi connectivity index (χ2v) is 6.83. The van der Waals surface area contributed by atoms with E-state index in [1.807, 2.05) is 41.2 Å². The summed E-state index contributed by atoms with van der Waals surface area (Å²) in [6, 6.07) is 0.148. The van der Waals surface area contributed by atoms with Crippen LogP contribution in [0.5, 0.6) is 0 Å². The minimum atomic E-state index is 0.148. The van der Waals surface area contributed by atoms with E-state index in [-0.39, 0.29) is 11.9 Å². The molecule has 3 heterocycles. The van der Waals surface area contributed by atoms with Gasteiger partial charge in [-0.25, -0.2) is 9.97 Å². The highest BCUT2D eigenvalue weighted by Gasteiger charge is 2.30. The van der Waals surface area contributed by atoms with Crippen molar-refractivity contribution in [1.82, 2.24) is 24.3 Å². The van der Waals surface area contributed by atoms with Crippen molar-refractivity contribution in [3.63, 3.8) is 0 Å². The molecule has 22 heavy (non-hydrogen) atoms. The summed E-state index contributed by atoms with van der Waals surface area (Å²) in [5.74, 6) is 1.15. The van der Waals surface area contributed by atoms with E-state index in [1.54, 1.807) is 11.3 Å². The second kappa shape index (κ2) is 6.18. The molecule has 1 aliphatic heterocycles. The summed E-state index contributed by atoms with van der Waals surface area (Å²) in [6.07, 6.45) is 4.14. The molecule has 0 N–H and O–H groups in total. The number of nitrogens with zero attached hydrogens (tertiary/aromatic N) is 5. The zero-order chi connectivity index (χ0) is 15.7. The molecule has 0 aliphatic carbocycles. The minimum Gasteiger partial charge on any atom is -0.339 e. The van der Waals surface area contributed by atoms with Crippen molar-refractivity contribution < 1.29 is 4.79 Å². The van der Waals surface area contributed by atoms with E-state index in [9.17, 15) is 4.79 Å². The fraction of sp³-hybridized carbons (Fsp3) is 0.533. The summed E-state index contributed by atoms with van der Waals surface area (Å²) >= 11 is 1.59. The van der Waals surface area contributed by atoms with Crippen LogP contribution < -0.4 is 0 Å². The maximum atomic E-state index is 12.5. The van der Waals surface area contributed by atoms with Gasteiger partial charge in [0.05, 0.1) is 23.2 Å². The molecule has 7 heteroatoms. The van der Waals surface area contributed by atoms with Gasteiger partial charge in [0.2, 0.25) is 5.91 Å². The first-order valence-corrected chi connectivity index (χ1v) is 8.29. The highest BCUT2D eigenvalue weighted by Crippen LogP contribution is 2.23. The summed E-state index contributed by atoms with van der Waals surface area (Å²) in [5.41, 5.74) is 0.875. The van der Waals surface area contributed by atoms with Crippen LogP contribution >= 0.6 is 11.3 Å². The summed E-state index contributed by atoms with van der Waals surface area (Å²) in [5, 5.41) is 2.98. The van der Waals surface area contributed by atoms with E-state index < -0.39 is 0 Å². The highest BCUT2D eigenvalue weighted by molar-refractivity contribution is 7.09. The second-order valence-electron chi connectivity index (χ2n) is 5.77. The molecule has 1 amide bonds. The van der Waals surface area contributed by atoms with Gasteiger partial charge >= 0.3 is 0 Å². The van der Waals surface area contributed by atoms with E-state index in [0.29, 0.717) is 13.0 Å². The number of imidazole rings is 1. The summed E-state index contributed by atoms with van der Waals surface area (Å²) in [4.78, 5) is 25.6. The molecule has 0 radical (unpaired) electrons. The third kappa shape index (κ3) is 3.05. The number of hydrogen-bond acceptors (Lipinski definition) is 5. The Balaban J connectivity index is 1.70. The van der Waals surface area contributed by atoms with Crippen LogP contribution in [0.15, 0.2) is 17.8 Å². The van der Waals surface area contributed by atoms with Crippen molar-refractivity contribution in [3.05, 3.63) is 34.3 Å². The predicted octanol–water partition coefficient (Wildman–Crippen LogP) is 1.24. The molecule has 1 atom stereocenters. The Kier molecular flexibility index (Phi) is 4.26. The van der Waals surface area contributed by atoms with Crippen molar-refractivity contribution in [3.8, 4) is 0 Å². The number of amides is 1. The van der Waals surface area contributed by atoms with Crippen LogP contribution in [0.4, 0.5) is 0 Å². The smallest absolute Gasteiger partial charge is 0.228 e. The fourth-order valence-corrected chi connectivity index (χ4v) is 3.45. The van der Waals surface area contributed by atoms with Gasteiger partial charge in [-0.05, 0) is 14.0 Å². The lowest BCUT2D eigenvalue weighted by molar-refractivity contribution is -0.133. The molecule has 2 aromatic heterocycles. The van der Waals surface area contributed by atoms with Gasteiger partial charge in [0.25, 0.3) is 0 Å². The summed E-state index contributed by atoms with van der Waals surface area (Å²) in [6.45, 7) is 4.27. The molecule has 0 bridgehead atoms. The lowest BCUT2D eigenvalue weighted by Gasteiger charge is -2.39. The molecular formula is C15H21N5OS. The monoisotopic (exact) mass is 319 g/mol. The highest BCUT2D eigenvalue weighted by atomic mass is 32.1. The van der Waals surface area contributed by atoms with Gasteiger partial charge in [0.1, 0.15) is 5.82 Å². The molecule has 0 saturated carbocycles. The molecule has 1 aliphatic rings. The predicted molar refractivity (Wildman–Crippen MR) is 85.7 cm³/mol. The normalized spacial score (nSPS) is 19.6. The Morgan fingerprint density at radius 3 is 2.86 bits per heavy atom. The van der Waals surface area contributed by atoms with Crippen molar-refractivity contribution in [1.29, 1.82) is 0 Å². The van der Waals surface area contributed by atoms with E-state index in [1.165, 1.54) is 0 Å². The Morgan fingerprint density at radius 1 is 1.41 bits per heavy atom. The zero-order valence-corrected chi connectivity index (χ0v) is 14.0. The topological polar surface area (TPSA) is 54.3 Å². The molecule has 118 valence electrons. The van der Waals surface area contributed by atoms with Crippen molar-refractivity contribution in [2.24, 2.45) is 7.05 Å². The molecule has 2 aromatic rings. The van der Waals surface area contributed by atoms with Crippen molar-refractivity contribution in [2.75, 3.05) is 26.7 Å². The molecular weight excluding hydrogens is 298 g/mol. The third-order valence-electron chi connectivity index (χ3n) is 4.16. The molecule has 6 nitrogen and oxygen atoms in total. The Hall–Kier alpha value is -1.73. The molecule has 3 rings (SSSR count). The Morgan fingerprint density at radius 2 is 2.23 bits per heavy atom. The van der Waals surface area contributed by atoms with Crippen LogP contribution in [0.25, 0.3) is 0 Å². The van der Waals surface area contributed by atoms with Gasteiger partial charge in [-0.3, -0.25) is 9.69 Å². The number of thiazole rings is 1. The number of piperazine rings is 1. The van der Waals surface area contributed by atoms with Crippen LogP contribution in [-0.4, -0.2) is 56.9 Å². The van der Waals surface area contributed by atoms with Crippen LogP contribution in [0, 0.1) is 6.92 Å². The lowest BCUT2D eigenvalue weighted by Crippen LogP contribution is -2.50. The van der Waals surface area contributed by atoms with Crippen LogP contribution in [-0.2, 0) is 18.3 Å². The summed E-state index contributed by atoms with van der Waals surface area (Å²) in [7, 11) is 4.08. The lowest BCUT2D eigenvalue weighted by atomic mass is 10.1. The van der Waals surface area contributed by atoms with Crippen LogP contribution in [0.3, 0.4) is 0 Å². The van der Waals surface area contributed by atoms with E-state index in [4.69, 9.17) is 0 Å². The number of rotatable bonds is 3. The Bertz CT molecular complexity index is 664. The van der Waals surface area contributed by atoms with E-state index in [0.717, 1.165) is 29.6 Å². The minimum absolute atomic E-state index is 0.148. The number of aromatic nitrogens is 3. The standard InChI is InChI=1S/C15H21N5OS/c1-11-17-12(10-22-11)8-14(21)20-7-6-18(2)13(9-20)15-16-4-5-19(15)3/h4-5,10,13H,6-9H2,1-3H3/t13-/m0/s1. The van der Waals surface area contributed by atoms with Crippen molar-refractivity contribution >= 4 is 17.2 Å². The number of likely N-dealkylation sites (N-methyl/N-ethyl adjacent to an activating group) is 1. The first kappa shape index (κ1) is 15.2. The number of carbonyl (C=O) groups excluding carboxylic acids is 1. The molecule has 1 saturated heterocycles. The quantitative estimate of drug-likeness (QED) is 0.854. The van der Waals surface area contributed by atoms with Gasteiger partial charge in [-0.2, -0.15) is 0 Å². The van der Waals surface area contributed by atoms with Crippen LogP contribution in [0.1, 0.15) is 22.6 Å². The van der Waals surface area contributed by atoms with E-state index in [2.05, 4.69) is 21.9 Å². The maximum Gasteiger partial charge on any atom is 0.228 e. The fourth-order valence-electron chi connectivity index (χ4n) is 2.83. The first-order chi connectivity index (χ1) is 10.5.